The topological polar surface area (TPSA) is 93.0 Å². The Kier molecular flexibility index (Phi) is 5.02. The Labute approximate surface area is 150 Å². The van der Waals surface area contributed by atoms with Crippen LogP contribution in [-0.2, 0) is 11.3 Å². The number of benzene rings is 2. The molecule has 3 rings (SSSR count). The van der Waals surface area contributed by atoms with Crippen molar-refractivity contribution >= 4 is 17.5 Å². The number of amides is 2. The van der Waals surface area contributed by atoms with Gasteiger partial charge in [-0.15, -0.1) is 10.2 Å². The lowest BCUT2D eigenvalue weighted by molar-refractivity contribution is -0.117. The lowest BCUT2D eigenvalue weighted by atomic mass is 10.2. The second-order valence-electron chi connectivity index (χ2n) is 5.83. The van der Waals surface area contributed by atoms with E-state index >= 15 is 0 Å². The number of hydrogen-bond donors (Lipinski definition) is 1. The number of anilines is 1. The van der Waals surface area contributed by atoms with Gasteiger partial charge < -0.3 is 10.2 Å². The van der Waals surface area contributed by atoms with Crippen LogP contribution in [-0.4, -0.2) is 51.0 Å². The van der Waals surface area contributed by atoms with E-state index in [1.807, 2.05) is 30.3 Å². The van der Waals surface area contributed by atoms with Gasteiger partial charge in [-0.05, 0) is 29.5 Å². The molecule has 26 heavy (non-hydrogen) atoms. The molecule has 2 amide bonds. The third-order valence-electron chi connectivity index (χ3n) is 3.59. The van der Waals surface area contributed by atoms with Crippen LogP contribution in [0.1, 0.15) is 10.4 Å². The number of hydrogen-bond acceptors (Lipinski definition) is 5. The van der Waals surface area contributed by atoms with E-state index in [4.69, 9.17) is 0 Å². The summed E-state index contributed by atoms with van der Waals surface area (Å²) in [7, 11) is 3.37. The molecule has 2 aromatic carbocycles. The summed E-state index contributed by atoms with van der Waals surface area (Å²) in [6.07, 6.45) is 0. The van der Waals surface area contributed by atoms with E-state index in [9.17, 15) is 9.59 Å². The van der Waals surface area contributed by atoms with Crippen LogP contribution < -0.4 is 5.32 Å². The first-order valence-electron chi connectivity index (χ1n) is 7.98. The van der Waals surface area contributed by atoms with Crippen molar-refractivity contribution in [3.05, 3.63) is 60.2 Å². The summed E-state index contributed by atoms with van der Waals surface area (Å²) in [6, 6.07) is 16.1. The molecule has 0 aliphatic heterocycles. The van der Waals surface area contributed by atoms with E-state index in [0.29, 0.717) is 17.1 Å². The third-order valence-corrected chi connectivity index (χ3v) is 3.59. The molecule has 0 fully saturated rings. The monoisotopic (exact) mass is 350 g/mol. The minimum absolute atomic E-state index is 0.0573. The van der Waals surface area contributed by atoms with Gasteiger partial charge in [0.2, 0.25) is 11.7 Å². The van der Waals surface area contributed by atoms with Crippen molar-refractivity contribution in [3.8, 4) is 11.4 Å². The van der Waals surface area contributed by atoms with Crippen molar-refractivity contribution in [1.82, 2.24) is 25.1 Å². The number of rotatable bonds is 5. The Bertz CT molecular complexity index is 903. The Hall–Kier alpha value is -3.55. The summed E-state index contributed by atoms with van der Waals surface area (Å²) in [4.78, 5) is 26.7. The van der Waals surface area contributed by atoms with E-state index in [-0.39, 0.29) is 18.4 Å². The fourth-order valence-electron chi connectivity index (χ4n) is 2.30. The normalized spacial score (nSPS) is 10.4. The van der Waals surface area contributed by atoms with Crippen molar-refractivity contribution < 1.29 is 9.59 Å². The van der Waals surface area contributed by atoms with Gasteiger partial charge in [0.1, 0.15) is 6.54 Å². The zero-order valence-electron chi connectivity index (χ0n) is 14.5. The molecular formula is C18H18N6O2. The highest BCUT2D eigenvalue weighted by Gasteiger charge is 2.11. The quantitative estimate of drug-likeness (QED) is 0.756. The smallest absolute Gasteiger partial charge is 0.253 e. The second-order valence-corrected chi connectivity index (χ2v) is 5.83. The molecule has 0 aliphatic rings. The van der Waals surface area contributed by atoms with Gasteiger partial charge in [-0.3, -0.25) is 9.59 Å². The maximum Gasteiger partial charge on any atom is 0.253 e. The number of carbonyl (C=O) groups excluding carboxylic acids is 2. The van der Waals surface area contributed by atoms with Crippen LogP contribution in [0.2, 0.25) is 0 Å². The number of nitrogens with one attached hydrogen (secondary N) is 1. The Morgan fingerprint density at radius 1 is 1.04 bits per heavy atom. The summed E-state index contributed by atoms with van der Waals surface area (Å²) in [5, 5.41) is 14.8. The van der Waals surface area contributed by atoms with Gasteiger partial charge in [0.05, 0.1) is 0 Å². The van der Waals surface area contributed by atoms with E-state index < -0.39 is 0 Å². The van der Waals surface area contributed by atoms with Crippen LogP contribution in [0.3, 0.4) is 0 Å². The molecular weight excluding hydrogens is 332 g/mol. The second kappa shape index (κ2) is 7.56. The molecule has 0 saturated heterocycles. The Morgan fingerprint density at radius 3 is 2.38 bits per heavy atom. The molecule has 1 aromatic heterocycles. The number of carbonyl (C=O) groups is 2. The fraction of sp³-hybridized carbons (Fsp3) is 0.167. The van der Waals surface area contributed by atoms with Gasteiger partial charge in [-0.25, -0.2) is 0 Å². The molecule has 132 valence electrons. The highest BCUT2D eigenvalue weighted by atomic mass is 16.2. The predicted molar refractivity (Wildman–Crippen MR) is 96.3 cm³/mol. The van der Waals surface area contributed by atoms with Gasteiger partial charge in [-0.1, -0.05) is 30.3 Å². The van der Waals surface area contributed by atoms with Crippen LogP contribution in [0.15, 0.2) is 54.6 Å². The van der Waals surface area contributed by atoms with Gasteiger partial charge >= 0.3 is 0 Å². The molecule has 1 heterocycles. The molecule has 1 N–H and O–H groups in total. The summed E-state index contributed by atoms with van der Waals surface area (Å²) in [5.41, 5.74) is 1.98. The lowest BCUT2D eigenvalue weighted by Gasteiger charge is -2.10. The predicted octanol–water partition coefficient (Wildman–Crippen LogP) is 1.68. The number of aromatic nitrogens is 4. The molecule has 3 aromatic rings. The third kappa shape index (κ3) is 4.10. The first-order chi connectivity index (χ1) is 12.5. The summed E-state index contributed by atoms with van der Waals surface area (Å²) >= 11 is 0. The van der Waals surface area contributed by atoms with Crippen molar-refractivity contribution in [2.45, 2.75) is 6.54 Å². The maximum atomic E-state index is 12.1. The minimum atomic E-state index is -0.284. The molecule has 0 aliphatic carbocycles. The molecule has 0 radical (unpaired) electrons. The van der Waals surface area contributed by atoms with E-state index in [1.54, 1.807) is 38.4 Å². The van der Waals surface area contributed by atoms with E-state index in [0.717, 1.165) is 5.56 Å². The molecule has 0 unspecified atom stereocenters. The first-order valence-corrected chi connectivity index (χ1v) is 7.98. The van der Waals surface area contributed by atoms with Gasteiger partial charge in [0.15, 0.2) is 0 Å². The zero-order valence-corrected chi connectivity index (χ0v) is 14.5. The maximum absolute atomic E-state index is 12.1. The molecule has 8 nitrogen and oxygen atoms in total. The van der Waals surface area contributed by atoms with Gasteiger partial charge in [0, 0.05) is 30.9 Å². The largest absolute Gasteiger partial charge is 0.345 e. The Balaban J connectivity index is 1.61. The van der Waals surface area contributed by atoms with Crippen molar-refractivity contribution in [1.29, 1.82) is 0 Å². The average molecular weight is 350 g/mol. The highest BCUT2D eigenvalue weighted by molar-refractivity contribution is 5.95. The average Bonchev–Trinajstić information content (AvgIpc) is 3.10. The van der Waals surface area contributed by atoms with Crippen molar-refractivity contribution in [2.75, 3.05) is 19.4 Å². The highest BCUT2D eigenvalue weighted by Crippen LogP contribution is 2.13. The first kappa shape index (κ1) is 17.3. The fourth-order valence-corrected chi connectivity index (χ4v) is 2.30. The lowest BCUT2D eigenvalue weighted by Crippen LogP contribution is -2.22. The molecule has 8 heteroatoms. The zero-order chi connectivity index (χ0) is 18.5. The van der Waals surface area contributed by atoms with Crippen LogP contribution in [0, 0.1) is 0 Å². The van der Waals surface area contributed by atoms with Crippen molar-refractivity contribution in [2.24, 2.45) is 0 Å². The minimum Gasteiger partial charge on any atom is -0.345 e. The molecule has 0 atom stereocenters. The van der Waals surface area contributed by atoms with Crippen LogP contribution in [0.5, 0.6) is 0 Å². The van der Waals surface area contributed by atoms with Crippen LogP contribution in [0.4, 0.5) is 5.69 Å². The van der Waals surface area contributed by atoms with Gasteiger partial charge in [0.25, 0.3) is 5.91 Å². The van der Waals surface area contributed by atoms with E-state index in [2.05, 4.69) is 20.7 Å². The molecule has 0 saturated carbocycles. The van der Waals surface area contributed by atoms with Crippen LogP contribution >= 0.6 is 0 Å². The van der Waals surface area contributed by atoms with Crippen LogP contribution in [0.25, 0.3) is 11.4 Å². The molecule has 0 spiro atoms. The number of tetrazole rings is 1. The van der Waals surface area contributed by atoms with Crippen molar-refractivity contribution in [3.63, 3.8) is 0 Å². The molecule has 0 bridgehead atoms. The number of nitrogens with zero attached hydrogens (tertiary/aromatic N) is 5. The standard InChI is InChI=1S/C18H18N6O2/c1-23(2)18(26)14-8-10-15(11-9-14)19-16(25)12-24-21-17(20-22-24)13-6-4-3-5-7-13/h3-11H,12H2,1-2H3,(H,19,25). The van der Waals surface area contributed by atoms with Gasteiger partial charge in [-0.2, -0.15) is 4.80 Å². The summed E-state index contributed by atoms with van der Waals surface area (Å²) < 4.78 is 0. The SMILES string of the molecule is CN(C)C(=O)c1ccc(NC(=O)Cn2nnc(-c3ccccc3)n2)cc1. The van der Waals surface area contributed by atoms with E-state index in [1.165, 1.54) is 9.70 Å². The Morgan fingerprint density at radius 2 is 1.73 bits per heavy atom. The summed E-state index contributed by atoms with van der Waals surface area (Å²) in [6.45, 7) is -0.0573. The summed E-state index contributed by atoms with van der Waals surface area (Å²) in [5.74, 6) is 0.0850.